The first-order valence-corrected chi connectivity index (χ1v) is 8.82. The number of ether oxygens (including phenoxy) is 2. The largest absolute Gasteiger partial charge is 0.488 e. The summed E-state index contributed by atoms with van der Waals surface area (Å²) >= 11 is 3.42. The summed E-state index contributed by atoms with van der Waals surface area (Å²) in [6.45, 7) is 0.684. The third-order valence-corrected chi connectivity index (χ3v) is 5.61. The Morgan fingerprint density at radius 1 is 1.43 bits per heavy atom. The molecule has 1 aliphatic heterocycles. The lowest BCUT2D eigenvalue weighted by Crippen LogP contribution is -2.30. The lowest BCUT2D eigenvalue weighted by atomic mass is 10.2. The molecule has 0 unspecified atom stereocenters. The van der Waals surface area contributed by atoms with Gasteiger partial charge in [0.25, 0.3) is 0 Å². The fourth-order valence-corrected chi connectivity index (χ4v) is 4.35. The number of carbonyl (C=O) groups excluding carboxylic acids is 1. The summed E-state index contributed by atoms with van der Waals surface area (Å²) < 4.78 is 23.9. The predicted octanol–water partition coefficient (Wildman–Crippen LogP) is 2.64. The minimum atomic E-state index is -0.491. The zero-order valence-corrected chi connectivity index (χ0v) is 13.4. The van der Waals surface area contributed by atoms with Gasteiger partial charge in [0.2, 0.25) is 5.91 Å². The van der Waals surface area contributed by atoms with Gasteiger partial charge in [0.05, 0.1) is 11.9 Å². The van der Waals surface area contributed by atoms with Crippen molar-refractivity contribution in [3.05, 3.63) is 24.0 Å². The minimum Gasteiger partial charge on any atom is -0.488 e. The Hall–Kier alpha value is -0.920. The van der Waals surface area contributed by atoms with Crippen LogP contribution >= 0.6 is 23.5 Å². The molecule has 0 aromatic heterocycles. The molecule has 116 valence electrons. The van der Waals surface area contributed by atoms with Gasteiger partial charge in [-0.05, 0) is 12.1 Å². The number of benzene rings is 1. The van der Waals surface area contributed by atoms with Gasteiger partial charge < -0.3 is 14.8 Å². The van der Waals surface area contributed by atoms with Gasteiger partial charge in [-0.3, -0.25) is 4.79 Å². The van der Waals surface area contributed by atoms with Crippen molar-refractivity contribution >= 4 is 35.1 Å². The average molecular weight is 331 g/mol. The number of rotatable bonds is 6. The third kappa shape index (κ3) is 5.09. The van der Waals surface area contributed by atoms with Crippen LogP contribution < -0.4 is 10.1 Å². The number of nitrogens with one attached hydrogen (secondary N) is 1. The number of hydrogen-bond donors (Lipinski definition) is 1. The zero-order valence-electron chi connectivity index (χ0n) is 11.8. The van der Waals surface area contributed by atoms with Crippen molar-refractivity contribution in [2.75, 3.05) is 42.9 Å². The maximum atomic E-state index is 13.8. The molecule has 0 saturated carbocycles. The van der Waals surface area contributed by atoms with Gasteiger partial charge >= 0.3 is 0 Å². The highest BCUT2D eigenvalue weighted by molar-refractivity contribution is 8.07. The van der Waals surface area contributed by atoms with E-state index in [2.05, 4.69) is 5.32 Å². The number of methoxy groups -OCH3 is 1. The Kier molecular flexibility index (Phi) is 6.66. The van der Waals surface area contributed by atoms with E-state index in [4.69, 9.17) is 9.47 Å². The molecule has 1 fully saturated rings. The van der Waals surface area contributed by atoms with Gasteiger partial charge in [0, 0.05) is 36.1 Å². The second kappa shape index (κ2) is 8.51. The number of anilines is 1. The van der Waals surface area contributed by atoms with Gasteiger partial charge in [0.1, 0.15) is 6.61 Å². The zero-order chi connectivity index (χ0) is 15.1. The SMILES string of the molecule is COCCOc1ccc(NC(=O)[C@@H]2CSCCS2)cc1F. The Morgan fingerprint density at radius 2 is 2.29 bits per heavy atom. The first-order chi connectivity index (χ1) is 10.2. The standard InChI is InChI=1S/C14H18FNO3S2/c1-18-4-5-19-12-3-2-10(8-11(12)15)16-14(17)13-9-20-6-7-21-13/h2-3,8,13H,4-7,9H2,1H3,(H,16,17)/t13-/m0/s1. The van der Waals surface area contributed by atoms with Crippen molar-refractivity contribution in [1.82, 2.24) is 0 Å². The fraction of sp³-hybridized carbons (Fsp3) is 0.500. The summed E-state index contributed by atoms with van der Waals surface area (Å²) in [5.41, 5.74) is 0.452. The van der Waals surface area contributed by atoms with Gasteiger partial charge in [0.15, 0.2) is 11.6 Å². The van der Waals surface area contributed by atoms with Crippen LogP contribution in [0.1, 0.15) is 0 Å². The Morgan fingerprint density at radius 3 is 2.95 bits per heavy atom. The minimum absolute atomic E-state index is 0.0653. The van der Waals surface area contributed by atoms with Crippen LogP contribution in [0.3, 0.4) is 0 Å². The molecule has 1 aromatic rings. The van der Waals surface area contributed by atoms with Crippen LogP contribution in [0.5, 0.6) is 5.75 Å². The molecule has 1 heterocycles. The lowest BCUT2D eigenvalue weighted by Gasteiger charge is -2.20. The molecule has 1 aliphatic rings. The Bertz CT molecular complexity index is 481. The summed E-state index contributed by atoms with van der Waals surface area (Å²) in [5.74, 6) is 2.46. The topological polar surface area (TPSA) is 47.6 Å². The molecule has 1 N–H and O–H groups in total. The summed E-state index contributed by atoms with van der Waals surface area (Å²) in [7, 11) is 1.56. The number of carbonyl (C=O) groups is 1. The number of hydrogen-bond acceptors (Lipinski definition) is 5. The third-order valence-electron chi connectivity index (χ3n) is 2.85. The molecular weight excluding hydrogens is 313 g/mol. The highest BCUT2D eigenvalue weighted by Gasteiger charge is 2.22. The van der Waals surface area contributed by atoms with Crippen LogP contribution in [0.15, 0.2) is 18.2 Å². The maximum Gasteiger partial charge on any atom is 0.238 e. The van der Waals surface area contributed by atoms with Crippen LogP contribution in [0.2, 0.25) is 0 Å². The first-order valence-electron chi connectivity index (χ1n) is 6.62. The highest BCUT2D eigenvalue weighted by Crippen LogP contribution is 2.26. The smallest absolute Gasteiger partial charge is 0.238 e. The van der Waals surface area contributed by atoms with E-state index in [0.717, 1.165) is 17.3 Å². The number of thioether (sulfide) groups is 2. The lowest BCUT2D eigenvalue weighted by molar-refractivity contribution is -0.115. The van der Waals surface area contributed by atoms with Crippen molar-refractivity contribution in [3.8, 4) is 5.75 Å². The Labute approximate surface area is 132 Å². The number of halogens is 1. The highest BCUT2D eigenvalue weighted by atomic mass is 32.2. The van der Waals surface area contributed by atoms with Crippen molar-refractivity contribution in [2.24, 2.45) is 0 Å². The second-order valence-electron chi connectivity index (χ2n) is 4.41. The van der Waals surface area contributed by atoms with Crippen LogP contribution in [0.4, 0.5) is 10.1 Å². The molecule has 1 atom stereocenters. The van der Waals surface area contributed by atoms with Gasteiger partial charge in [-0.15, -0.1) is 11.8 Å². The Balaban J connectivity index is 1.91. The van der Waals surface area contributed by atoms with E-state index in [1.165, 1.54) is 12.1 Å². The summed E-state index contributed by atoms with van der Waals surface area (Å²) in [6, 6.07) is 4.44. The van der Waals surface area contributed by atoms with Crippen molar-refractivity contribution in [1.29, 1.82) is 0 Å². The molecule has 4 nitrogen and oxygen atoms in total. The maximum absolute atomic E-state index is 13.8. The van der Waals surface area contributed by atoms with Crippen LogP contribution in [0, 0.1) is 5.82 Å². The summed E-state index contributed by atoms with van der Waals surface area (Å²) in [6.07, 6.45) is 0. The van der Waals surface area contributed by atoms with E-state index >= 15 is 0 Å². The van der Waals surface area contributed by atoms with Crippen LogP contribution in [-0.2, 0) is 9.53 Å². The van der Waals surface area contributed by atoms with Crippen molar-refractivity contribution in [2.45, 2.75) is 5.25 Å². The van der Waals surface area contributed by atoms with E-state index in [9.17, 15) is 9.18 Å². The van der Waals surface area contributed by atoms with E-state index < -0.39 is 5.82 Å². The van der Waals surface area contributed by atoms with Crippen LogP contribution in [-0.4, -0.2) is 48.7 Å². The predicted molar refractivity (Wildman–Crippen MR) is 86.0 cm³/mol. The van der Waals surface area contributed by atoms with Crippen molar-refractivity contribution in [3.63, 3.8) is 0 Å². The first kappa shape index (κ1) is 16.5. The molecule has 2 rings (SSSR count). The van der Waals surface area contributed by atoms with Gasteiger partial charge in [-0.25, -0.2) is 4.39 Å². The molecule has 1 amide bonds. The fourth-order valence-electron chi connectivity index (χ4n) is 1.79. The quantitative estimate of drug-likeness (QED) is 0.812. The monoisotopic (exact) mass is 331 g/mol. The van der Waals surface area contributed by atoms with Gasteiger partial charge in [-0.1, -0.05) is 0 Å². The summed E-state index contributed by atoms with van der Waals surface area (Å²) in [5, 5.41) is 2.69. The second-order valence-corrected chi connectivity index (χ2v) is 6.87. The molecule has 0 spiro atoms. The van der Waals surface area contributed by atoms with E-state index in [-0.39, 0.29) is 23.5 Å². The molecule has 7 heteroatoms. The molecule has 0 radical (unpaired) electrons. The average Bonchev–Trinajstić information content (AvgIpc) is 2.50. The van der Waals surface area contributed by atoms with Crippen molar-refractivity contribution < 1.29 is 18.7 Å². The molecule has 1 saturated heterocycles. The van der Waals surface area contributed by atoms with E-state index in [0.29, 0.717) is 12.3 Å². The van der Waals surface area contributed by atoms with Gasteiger partial charge in [-0.2, -0.15) is 11.8 Å². The summed E-state index contributed by atoms with van der Waals surface area (Å²) in [4.78, 5) is 12.1. The van der Waals surface area contributed by atoms with E-state index in [1.807, 2.05) is 0 Å². The van der Waals surface area contributed by atoms with E-state index in [1.54, 1.807) is 36.7 Å². The molecular formula is C14H18FNO3S2. The molecule has 21 heavy (non-hydrogen) atoms. The normalized spacial score (nSPS) is 18.3. The number of amides is 1. The molecule has 0 bridgehead atoms. The molecule has 0 aliphatic carbocycles. The van der Waals surface area contributed by atoms with Crippen LogP contribution in [0.25, 0.3) is 0 Å². The molecule has 1 aromatic carbocycles.